The van der Waals surface area contributed by atoms with Crippen LogP contribution < -0.4 is 14.8 Å². The quantitative estimate of drug-likeness (QED) is 0.450. The maximum Gasteiger partial charge on any atom is 0.130 e. The van der Waals surface area contributed by atoms with Crippen LogP contribution in [0.4, 0.5) is 0 Å². The molecule has 0 saturated heterocycles. The third-order valence-electron chi connectivity index (χ3n) is 7.23. The van der Waals surface area contributed by atoms with E-state index >= 15 is 0 Å². The van der Waals surface area contributed by atoms with E-state index in [4.69, 9.17) is 9.47 Å². The van der Waals surface area contributed by atoms with Crippen molar-refractivity contribution in [2.24, 2.45) is 5.92 Å². The molecule has 30 heavy (non-hydrogen) atoms. The average molecular weight is 425 g/mol. The van der Waals surface area contributed by atoms with Crippen LogP contribution in [0, 0.1) is 5.92 Å². The molecule has 2 fully saturated rings. The summed E-state index contributed by atoms with van der Waals surface area (Å²) >= 11 is 0. The van der Waals surface area contributed by atoms with E-state index in [0.717, 1.165) is 34.3 Å². The molecule has 0 aliphatic heterocycles. The van der Waals surface area contributed by atoms with E-state index < -0.39 is 0 Å². The lowest BCUT2D eigenvalue weighted by Crippen LogP contribution is -2.28. The van der Waals surface area contributed by atoms with Gasteiger partial charge >= 0.3 is 0 Å². The van der Waals surface area contributed by atoms with Crippen molar-refractivity contribution in [3.8, 4) is 22.6 Å². The molecule has 2 aromatic carbocycles. The van der Waals surface area contributed by atoms with E-state index in [1.165, 1.54) is 63.4 Å². The molecular weight excluding hydrogens is 387 g/mol. The molecule has 2 aliphatic carbocycles. The van der Waals surface area contributed by atoms with Crippen molar-refractivity contribution in [2.45, 2.75) is 76.0 Å². The number of benzene rings is 2. The molecule has 3 heteroatoms. The Balaban J connectivity index is 1.81. The van der Waals surface area contributed by atoms with Gasteiger partial charge in [-0.05, 0) is 65.9 Å². The fraction of sp³-hybridized carbons (Fsp3) is 0.556. The Kier molecular flexibility index (Phi) is 7.37. The van der Waals surface area contributed by atoms with Crippen molar-refractivity contribution in [2.75, 3.05) is 14.2 Å². The average Bonchev–Trinajstić information content (AvgIpc) is 2.81. The van der Waals surface area contributed by atoms with Gasteiger partial charge in [-0.25, -0.2) is 0 Å². The number of methoxy groups -OCH3 is 2. The number of ether oxygens (including phenoxy) is 2. The summed E-state index contributed by atoms with van der Waals surface area (Å²) in [6.07, 6.45) is 12.7. The van der Waals surface area contributed by atoms with E-state index in [1.807, 2.05) is 6.07 Å². The Morgan fingerprint density at radius 1 is 0.700 bits per heavy atom. The Bertz CT molecular complexity index is 797. The topological polar surface area (TPSA) is 18.5 Å². The highest BCUT2D eigenvalue weighted by Crippen LogP contribution is 2.57. The molecule has 0 amide bonds. The van der Waals surface area contributed by atoms with E-state index in [1.54, 1.807) is 19.5 Å². The summed E-state index contributed by atoms with van der Waals surface area (Å²) in [5.41, 5.74) is 4.20. The summed E-state index contributed by atoms with van der Waals surface area (Å²) in [4.78, 5) is 0. The van der Waals surface area contributed by atoms with Crippen LogP contribution >= 0.6 is 7.92 Å². The SMILES string of the molecule is COc1cccc(OC)c1-c1ccccc1P(C1CCCCC1)C1CCC(C)CC1. The number of rotatable bonds is 6. The van der Waals surface area contributed by atoms with Gasteiger partial charge in [-0.2, -0.15) is 0 Å². The van der Waals surface area contributed by atoms with Crippen LogP contribution in [-0.2, 0) is 0 Å². The Hall–Kier alpha value is -1.53. The van der Waals surface area contributed by atoms with Gasteiger partial charge in [0, 0.05) is 0 Å². The van der Waals surface area contributed by atoms with Gasteiger partial charge in [0.05, 0.1) is 19.8 Å². The highest BCUT2D eigenvalue weighted by molar-refractivity contribution is 7.67. The van der Waals surface area contributed by atoms with Gasteiger partial charge in [-0.15, -0.1) is 0 Å². The summed E-state index contributed by atoms with van der Waals surface area (Å²) in [6.45, 7) is 2.44. The predicted octanol–water partition coefficient (Wildman–Crippen LogP) is 7.39. The fourth-order valence-electron chi connectivity index (χ4n) is 5.60. The van der Waals surface area contributed by atoms with Gasteiger partial charge in [0.2, 0.25) is 0 Å². The van der Waals surface area contributed by atoms with Crippen molar-refractivity contribution in [3.63, 3.8) is 0 Å². The first-order valence-electron chi connectivity index (χ1n) is 11.8. The molecular formula is C27H37O2P. The second kappa shape index (κ2) is 10.2. The Morgan fingerprint density at radius 3 is 1.93 bits per heavy atom. The van der Waals surface area contributed by atoms with Crippen LogP contribution in [0.15, 0.2) is 42.5 Å². The lowest BCUT2D eigenvalue weighted by molar-refractivity contribution is 0.388. The minimum atomic E-state index is -0.201. The van der Waals surface area contributed by atoms with Crippen LogP contribution in [0.3, 0.4) is 0 Å². The third kappa shape index (κ3) is 4.54. The van der Waals surface area contributed by atoms with Crippen molar-refractivity contribution < 1.29 is 9.47 Å². The molecule has 0 aromatic heterocycles. The van der Waals surface area contributed by atoms with E-state index in [0.29, 0.717) is 0 Å². The molecule has 0 heterocycles. The van der Waals surface area contributed by atoms with Crippen LogP contribution in [-0.4, -0.2) is 25.5 Å². The lowest BCUT2D eigenvalue weighted by Gasteiger charge is -2.40. The third-order valence-corrected chi connectivity index (χ3v) is 10.8. The first kappa shape index (κ1) is 21.7. The molecule has 0 bridgehead atoms. The first-order valence-corrected chi connectivity index (χ1v) is 13.3. The molecule has 2 nitrogen and oxygen atoms in total. The maximum atomic E-state index is 5.81. The van der Waals surface area contributed by atoms with Gasteiger partial charge in [-0.1, -0.05) is 77.3 Å². The second-order valence-corrected chi connectivity index (χ2v) is 11.9. The second-order valence-electron chi connectivity index (χ2n) is 9.17. The van der Waals surface area contributed by atoms with Gasteiger partial charge in [0.15, 0.2) is 0 Å². The normalized spacial score (nSPS) is 23.7. The van der Waals surface area contributed by atoms with Crippen molar-refractivity contribution in [1.82, 2.24) is 0 Å². The summed E-state index contributed by atoms with van der Waals surface area (Å²) in [5.74, 6) is 2.73. The maximum absolute atomic E-state index is 5.81. The van der Waals surface area contributed by atoms with Crippen LogP contribution in [0.2, 0.25) is 0 Å². The summed E-state index contributed by atoms with van der Waals surface area (Å²) < 4.78 is 11.6. The fourth-order valence-corrected chi connectivity index (χ4v) is 9.48. The van der Waals surface area contributed by atoms with E-state index in [-0.39, 0.29) is 7.92 Å². The summed E-state index contributed by atoms with van der Waals surface area (Å²) in [5, 5.41) is 1.58. The van der Waals surface area contributed by atoms with Gasteiger partial charge in [0.1, 0.15) is 11.5 Å². The lowest BCUT2D eigenvalue weighted by atomic mass is 9.90. The van der Waals surface area contributed by atoms with Gasteiger partial charge < -0.3 is 9.47 Å². The zero-order chi connectivity index (χ0) is 20.9. The molecule has 2 aromatic rings. The molecule has 162 valence electrons. The Labute approximate surface area is 184 Å². The van der Waals surface area contributed by atoms with Crippen LogP contribution in [0.5, 0.6) is 11.5 Å². The molecule has 4 rings (SSSR count). The smallest absolute Gasteiger partial charge is 0.130 e. The minimum Gasteiger partial charge on any atom is -0.496 e. The van der Waals surface area contributed by atoms with E-state index in [9.17, 15) is 0 Å². The molecule has 2 aliphatic rings. The molecule has 0 N–H and O–H groups in total. The van der Waals surface area contributed by atoms with Crippen LogP contribution in [0.25, 0.3) is 11.1 Å². The molecule has 1 unspecified atom stereocenters. The Morgan fingerprint density at radius 2 is 1.30 bits per heavy atom. The van der Waals surface area contributed by atoms with E-state index in [2.05, 4.69) is 43.3 Å². The van der Waals surface area contributed by atoms with Crippen LogP contribution in [0.1, 0.15) is 64.7 Å². The molecule has 0 radical (unpaired) electrons. The van der Waals surface area contributed by atoms with Crippen molar-refractivity contribution in [1.29, 1.82) is 0 Å². The largest absolute Gasteiger partial charge is 0.496 e. The summed E-state index contributed by atoms with van der Waals surface area (Å²) in [7, 11) is 3.34. The van der Waals surface area contributed by atoms with Gasteiger partial charge in [-0.3, -0.25) is 0 Å². The first-order chi connectivity index (χ1) is 14.7. The zero-order valence-corrected chi connectivity index (χ0v) is 19.8. The molecule has 2 saturated carbocycles. The van der Waals surface area contributed by atoms with Gasteiger partial charge in [0.25, 0.3) is 0 Å². The highest BCUT2D eigenvalue weighted by atomic mass is 31.1. The summed E-state index contributed by atoms with van der Waals surface area (Å²) in [6, 6.07) is 15.3. The molecule has 1 atom stereocenters. The standard InChI is InChI=1S/C27H37O2P/c1-20-16-18-22(19-17-20)30(21-10-5-4-6-11-21)26-15-8-7-12-23(26)27-24(28-2)13-9-14-25(27)29-3/h7-9,12-15,20-22H,4-6,10-11,16-19H2,1-3H3. The predicted molar refractivity (Wildman–Crippen MR) is 130 cm³/mol. The molecule has 0 spiro atoms. The highest BCUT2D eigenvalue weighted by Gasteiger charge is 2.35. The number of hydrogen-bond acceptors (Lipinski definition) is 2. The zero-order valence-electron chi connectivity index (χ0n) is 18.9. The monoisotopic (exact) mass is 424 g/mol. The number of hydrogen-bond donors (Lipinski definition) is 0. The van der Waals surface area contributed by atoms with Crippen molar-refractivity contribution >= 4 is 13.2 Å². The van der Waals surface area contributed by atoms with Crippen molar-refractivity contribution in [3.05, 3.63) is 42.5 Å². The minimum absolute atomic E-state index is 0.201.